The van der Waals surface area contributed by atoms with Crippen molar-refractivity contribution in [2.45, 2.75) is 6.61 Å². The summed E-state index contributed by atoms with van der Waals surface area (Å²) in [4.78, 5) is 0.349. The van der Waals surface area contributed by atoms with Gasteiger partial charge in [-0.2, -0.15) is 0 Å². The van der Waals surface area contributed by atoms with E-state index in [1.54, 1.807) is 37.4 Å². The van der Waals surface area contributed by atoms with Gasteiger partial charge in [-0.25, -0.2) is 0 Å². The Hall–Kier alpha value is -4.40. The van der Waals surface area contributed by atoms with Crippen LogP contribution in [0.2, 0.25) is 0 Å². The minimum atomic E-state index is 0.196. The number of nitrogens with zero attached hydrogens (tertiary/aromatic N) is 2. The third-order valence-electron chi connectivity index (χ3n) is 5.23. The van der Waals surface area contributed by atoms with E-state index in [0.29, 0.717) is 57.1 Å². The van der Waals surface area contributed by atoms with Crippen LogP contribution < -0.4 is 28.6 Å². The fraction of sp³-hybridized carbons (Fsp3) is 0.200. The Morgan fingerprint density at radius 2 is 1.41 bits per heavy atom. The number of hydrogen-bond acceptors (Lipinski definition) is 8. The number of rotatable bonds is 9. The summed E-state index contributed by atoms with van der Waals surface area (Å²) < 4.78 is 32.6. The van der Waals surface area contributed by atoms with E-state index < -0.39 is 0 Å². The molecule has 4 rings (SSSR count). The Morgan fingerprint density at radius 3 is 2.03 bits per heavy atom. The predicted octanol–water partition coefficient (Wildman–Crippen LogP) is 4.26. The molecule has 4 aromatic rings. The third-order valence-corrected chi connectivity index (χ3v) is 5.23. The van der Waals surface area contributed by atoms with E-state index >= 15 is 0 Å². The van der Waals surface area contributed by atoms with E-state index in [1.165, 1.54) is 21.3 Å². The highest BCUT2D eigenvalue weighted by Crippen LogP contribution is 2.43. The van der Waals surface area contributed by atoms with Crippen LogP contribution in [0.15, 0.2) is 65.3 Å². The van der Waals surface area contributed by atoms with Crippen molar-refractivity contribution in [1.82, 2.24) is 5.16 Å². The van der Waals surface area contributed by atoms with Crippen LogP contribution >= 0.6 is 0 Å². The highest BCUT2D eigenvalue weighted by Gasteiger charge is 2.27. The second kappa shape index (κ2) is 10.0. The summed E-state index contributed by atoms with van der Waals surface area (Å²) in [5, 5.41) is 16.6. The molecule has 0 aliphatic rings. The standard InChI is InChI=1S/C25H24N2O7/c1-29-19-11-10-17(12-20(19)33-15-16-8-6-5-7-9-16)24-23(26-34-27(24)28)18-13-21(30-2)25(32-4)22(14-18)31-3/h5-14H,15H2,1-4H3. The van der Waals surface area contributed by atoms with E-state index in [-0.39, 0.29) is 5.69 Å². The lowest BCUT2D eigenvalue weighted by atomic mass is 10.0. The molecule has 1 heterocycles. The number of ether oxygens (including phenoxy) is 5. The second-order valence-electron chi connectivity index (χ2n) is 7.18. The maximum atomic E-state index is 12.6. The first-order chi connectivity index (χ1) is 16.6. The molecule has 34 heavy (non-hydrogen) atoms. The van der Waals surface area contributed by atoms with Crippen molar-refractivity contribution in [1.29, 1.82) is 0 Å². The van der Waals surface area contributed by atoms with E-state index in [4.69, 9.17) is 28.3 Å². The number of hydrogen-bond donors (Lipinski definition) is 0. The molecule has 176 valence electrons. The van der Waals surface area contributed by atoms with Crippen LogP contribution in [-0.2, 0) is 6.61 Å². The Balaban J connectivity index is 1.76. The summed E-state index contributed by atoms with van der Waals surface area (Å²) in [5.74, 6) is 2.27. The van der Waals surface area contributed by atoms with Gasteiger partial charge in [0.25, 0.3) is 5.69 Å². The van der Waals surface area contributed by atoms with Crippen LogP contribution in [0.5, 0.6) is 28.7 Å². The molecule has 0 fully saturated rings. The second-order valence-corrected chi connectivity index (χ2v) is 7.18. The minimum Gasteiger partial charge on any atom is -0.493 e. The summed E-state index contributed by atoms with van der Waals surface area (Å²) in [6.07, 6.45) is 0. The fourth-order valence-electron chi connectivity index (χ4n) is 3.57. The molecule has 9 nitrogen and oxygen atoms in total. The van der Waals surface area contributed by atoms with E-state index in [1.807, 2.05) is 30.3 Å². The zero-order chi connectivity index (χ0) is 24.1. The van der Waals surface area contributed by atoms with Crippen LogP contribution in [0.3, 0.4) is 0 Å². The van der Waals surface area contributed by atoms with Gasteiger partial charge in [0.15, 0.2) is 23.0 Å². The molecule has 0 aliphatic heterocycles. The molecule has 3 aromatic carbocycles. The molecular formula is C25H24N2O7. The van der Waals surface area contributed by atoms with Crippen molar-refractivity contribution in [3.05, 3.63) is 71.4 Å². The Morgan fingerprint density at radius 1 is 0.765 bits per heavy atom. The molecule has 0 saturated carbocycles. The van der Waals surface area contributed by atoms with E-state index in [9.17, 15) is 5.21 Å². The normalized spacial score (nSPS) is 10.6. The van der Waals surface area contributed by atoms with Crippen LogP contribution in [0, 0.1) is 5.21 Å². The highest BCUT2D eigenvalue weighted by molar-refractivity contribution is 5.79. The molecule has 0 aliphatic carbocycles. The fourth-order valence-corrected chi connectivity index (χ4v) is 3.57. The van der Waals surface area contributed by atoms with Gasteiger partial charge in [-0.3, -0.25) is 4.63 Å². The maximum Gasteiger partial charge on any atom is 0.256 e. The molecule has 9 heteroatoms. The SMILES string of the molecule is COc1ccc(-c2c(-c3cc(OC)c(OC)c(OC)c3)no[n+]2[O-])cc1OCc1ccccc1. The van der Waals surface area contributed by atoms with Crippen molar-refractivity contribution in [3.63, 3.8) is 0 Å². The molecule has 1 aromatic heterocycles. The van der Waals surface area contributed by atoms with Crippen molar-refractivity contribution >= 4 is 0 Å². The average molecular weight is 464 g/mol. The lowest BCUT2D eigenvalue weighted by Crippen LogP contribution is -2.25. The van der Waals surface area contributed by atoms with E-state index in [2.05, 4.69) is 5.16 Å². The van der Waals surface area contributed by atoms with Gasteiger partial charge in [0.2, 0.25) is 11.4 Å². The van der Waals surface area contributed by atoms with Crippen molar-refractivity contribution in [3.8, 4) is 51.3 Å². The summed E-state index contributed by atoms with van der Waals surface area (Å²) in [7, 11) is 6.09. The topological polar surface area (TPSA) is 99.1 Å². The van der Waals surface area contributed by atoms with Crippen LogP contribution in [0.25, 0.3) is 22.5 Å². The first-order valence-corrected chi connectivity index (χ1v) is 10.3. The van der Waals surface area contributed by atoms with Crippen molar-refractivity contribution in [2.24, 2.45) is 0 Å². The Kier molecular flexibility index (Phi) is 6.72. The van der Waals surface area contributed by atoms with Crippen molar-refractivity contribution < 1.29 is 33.2 Å². The lowest BCUT2D eigenvalue weighted by molar-refractivity contribution is -0.793. The smallest absolute Gasteiger partial charge is 0.256 e. The van der Waals surface area contributed by atoms with Gasteiger partial charge in [0.05, 0.1) is 28.4 Å². The summed E-state index contributed by atoms with van der Waals surface area (Å²) in [6, 6.07) is 18.3. The van der Waals surface area contributed by atoms with Gasteiger partial charge in [-0.1, -0.05) is 30.3 Å². The average Bonchev–Trinajstić information content (AvgIpc) is 3.28. The molecule has 0 spiro atoms. The third kappa shape index (κ3) is 4.40. The molecule has 0 amide bonds. The molecule has 0 saturated heterocycles. The molecular weight excluding hydrogens is 440 g/mol. The van der Waals surface area contributed by atoms with Gasteiger partial charge < -0.3 is 28.9 Å². The largest absolute Gasteiger partial charge is 0.493 e. The molecule has 0 bridgehead atoms. The minimum absolute atomic E-state index is 0.196. The molecule has 0 radical (unpaired) electrons. The molecule has 0 unspecified atom stereocenters. The van der Waals surface area contributed by atoms with E-state index in [0.717, 1.165) is 5.56 Å². The number of aromatic nitrogens is 2. The lowest BCUT2D eigenvalue weighted by Gasteiger charge is -2.13. The van der Waals surface area contributed by atoms with Gasteiger partial charge in [-0.15, -0.1) is 0 Å². The quantitative estimate of drug-likeness (QED) is 0.339. The van der Waals surface area contributed by atoms with Crippen LogP contribution in [0.1, 0.15) is 5.56 Å². The Bertz CT molecular complexity index is 1250. The predicted molar refractivity (Wildman–Crippen MR) is 123 cm³/mol. The van der Waals surface area contributed by atoms with Crippen molar-refractivity contribution in [2.75, 3.05) is 28.4 Å². The Labute approximate surface area is 196 Å². The highest BCUT2D eigenvalue weighted by atomic mass is 16.8. The van der Waals surface area contributed by atoms with Gasteiger partial charge in [-0.05, 0) is 40.8 Å². The molecule has 0 N–H and O–H groups in total. The maximum absolute atomic E-state index is 12.6. The monoisotopic (exact) mass is 464 g/mol. The zero-order valence-electron chi connectivity index (χ0n) is 19.2. The number of benzene rings is 3. The molecule has 0 atom stereocenters. The van der Waals surface area contributed by atoms with Gasteiger partial charge in [0.1, 0.15) is 6.61 Å². The zero-order valence-corrected chi connectivity index (χ0v) is 19.2. The van der Waals surface area contributed by atoms with Gasteiger partial charge >= 0.3 is 0 Å². The summed E-state index contributed by atoms with van der Waals surface area (Å²) in [6.45, 7) is 0.335. The number of methoxy groups -OCH3 is 4. The van der Waals surface area contributed by atoms with Crippen LogP contribution in [-0.4, -0.2) is 33.6 Å². The summed E-state index contributed by atoms with van der Waals surface area (Å²) >= 11 is 0. The van der Waals surface area contributed by atoms with Gasteiger partial charge in [0, 0.05) is 16.3 Å². The first kappa shape index (κ1) is 22.8. The first-order valence-electron chi connectivity index (χ1n) is 10.3. The summed E-state index contributed by atoms with van der Waals surface area (Å²) in [5.41, 5.74) is 2.57. The van der Waals surface area contributed by atoms with Crippen LogP contribution in [0.4, 0.5) is 0 Å².